The Morgan fingerprint density at radius 2 is 1.95 bits per heavy atom. The monoisotopic (exact) mass is 264 g/mol. The van der Waals surface area contributed by atoms with E-state index in [0.29, 0.717) is 5.76 Å². The van der Waals surface area contributed by atoms with Crippen molar-refractivity contribution in [2.24, 2.45) is 7.05 Å². The van der Waals surface area contributed by atoms with Crippen LogP contribution in [-0.2, 0) is 7.05 Å². The summed E-state index contributed by atoms with van der Waals surface area (Å²) in [6, 6.07) is 11.8. The molecule has 20 heavy (non-hydrogen) atoms. The molecule has 0 spiro atoms. The van der Waals surface area contributed by atoms with E-state index in [1.165, 1.54) is 0 Å². The largest absolute Gasteiger partial charge is 0.450 e. The van der Waals surface area contributed by atoms with Crippen molar-refractivity contribution in [3.8, 4) is 23.2 Å². The van der Waals surface area contributed by atoms with Gasteiger partial charge in [-0.3, -0.25) is 0 Å². The molecule has 0 aliphatic heterocycles. The van der Waals surface area contributed by atoms with E-state index in [1.807, 2.05) is 48.0 Å². The summed E-state index contributed by atoms with van der Waals surface area (Å²) in [5.41, 5.74) is 2.04. The van der Waals surface area contributed by atoms with Crippen LogP contribution in [0.5, 0.6) is 0 Å². The number of nitrogens with one attached hydrogen (secondary N) is 1. The minimum atomic E-state index is 0.706. The minimum absolute atomic E-state index is 0.706. The topological polar surface area (TPSA) is 59.6 Å². The summed E-state index contributed by atoms with van der Waals surface area (Å²) < 4.78 is 7.88. The maximum atomic E-state index is 5.85. The van der Waals surface area contributed by atoms with Crippen molar-refractivity contribution in [1.82, 2.24) is 19.5 Å². The number of hydrogen-bond acceptors (Lipinski definition) is 3. The maximum absolute atomic E-state index is 5.85. The van der Waals surface area contributed by atoms with Gasteiger partial charge in [-0.05, 0) is 24.3 Å². The molecule has 1 aromatic carbocycles. The maximum Gasteiger partial charge on any atom is 0.177 e. The molecule has 98 valence electrons. The second kappa shape index (κ2) is 4.09. The highest BCUT2D eigenvalue weighted by Gasteiger charge is 2.14. The van der Waals surface area contributed by atoms with Crippen LogP contribution in [0.1, 0.15) is 0 Å². The minimum Gasteiger partial charge on any atom is -0.450 e. The lowest BCUT2D eigenvalue weighted by Crippen LogP contribution is -1.90. The number of aryl methyl sites for hydroxylation is 1. The van der Waals surface area contributed by atoms with E-state index < -0.39 is 0 Å². The summed E-state index contributed by atoms with van der Waals surface area (Å²) >= 11 is 0. The first-order chi connectivity index (χ1) is 9.83. The van der Waals surface area contributed by atoms with Crippen molar-refractivity contribution in [2.45, 2.75) is 0 Å². The average Bonchev–Trinajstić information content (AvgIpc) is 3.17. The van der Waals surface area contributed by atoms with Gasteiger partial charge in [0.05, 0.1) is 11.0 Å². The van der Waals surface area contributed by atoms with Gasteiger partial charge in [-0.2, -0.15) is 0 Å². The molecule has 0 bridgehead atoms. The van der Waals surface area contributed by atoms with Crippen LogP contribution in [0.4, 0.5) is 0 Å². The van der Waals surface area contributed by atoms with Crippen molar-refractivity contribution in [3.05, 3.63) is 48.8 Å². The number of furan rings is 1. The highest BCUT2D eigenvalue weighted by atomic mass is 16.3. The third kappa shape index (κ3) is 1.56. The third-order valence-corrected chi connectivity index (χ3v) is 3.35. The summed E-state index contributed by atoms with van der Waals surface area (Å²) in [7, 11) is 1.99. The molecule has 5 heteroatoms. The van der Waals surface area contributed by atoms with Crippen LogP contribution in [0, 0.1) is 0 Å². The number of rotatable bonds is 2. The van der Waals surface area contributed by atoms with Crippen LogP contribution in [0.15, 0.2) is 53.2 Å². The molecule has 0 saturated heterocycles. The molecule has 0 unspecified atom stereocenters. The van der Waals surface area contributed by atoms with E-state index in [2.05, 4.69) is 15.0 Å². The molecule has 1 N–H and O–H groups in total. The number of nitrogens with zero attached hydrogens (tertiary/aromatic N) is 3. The number of fused-ring (bicyclic) bond motifs is 1. The van der Waals surface area contributed by atoms with E-state index in [1.54, 1.807) is 12.4 Å². The smallest absolute Gasteiger partial charge is 0.177 e. The van der Waals surface area contributed by atoms with Crippen molar-refractivity contribution in [2.75, 3.05) is 0 Å². The average molecular weight is 264 g/mol. The Bertz CT molecular complexity index is 870. The Kier molecular flexibility index (Phi) is 2.26. The number of benzene rings is 1. The molecule has 4 rings (SSSR count). The quantitative estimate of drug-likeness (QED) is 0.604. The van der Waals surface area contributed by atoms with Crippen molar-refractivity contribution < 1.29 is 4.42 Å². The van der Waals surface area contributed by atoms with Gasteiger partial charge >= 0.3 is 0 Å². The van der Waals surface area contributed by atoms with E-state index in [0.717, 1.165) is 28.4 Å². The van der Waals surface area contributed by atoms with Crippen molar-refractivity contribution >= 4 is 11.0 Å². The second-order valence-corrected chi connectivity index (χ2v) is 4.58. The normalized spacial score (nSPS) is 11.2. The molecule has 3 aromatic heterocycles. The number of imidazole rings is 2. The van der Waals surface area contributed by atoms with Crippen LogP contribution >= 0.6 is 0 Å². The standard InChI is InChI=1S/C15H12N4O/c1-19-11-5-3-2-4-10(11)18-15(19)13-7-6-12(20-13)14-16-8-9-17-14/h2-9H,1H3,(H,16,17). The van der Waals surface area contributed by atoms with Crippen LogP contribution in [0.25, 0.3) is 34.2 Å². The van der Waals surface area contributed by atoms with Gasteiger partial charge in [-0.15, -0.1) is 0 Å². The molecule has 0 aliphatic rings. The van der Waals surface area contributed by atoms with Gasteiger partial charge in [0.25, 0.3) is 0 Å². The first-order valence-corrected chi connectivity index (χ1v) is 6.34. The Hall–Kier alpha value is -2.82. The van der Waals surface area contributed by atoms with Crippen LogP contribution < -0.4 is 0 Å². The molecule has 0 atom stereocenters. The van der Waals surface area contributed by atoms with E-state index in [4.69, 9.17) is 4.42 Å². The Balaban J connectivity index is 1.85. The summed E-state index contributed by atoms with van der Waals surface area (Å²) in [5.74, 6) is 2.96. The van der Waals surface area contributed by atoms with Crippen molar-refractivity contribution in [1.29, 1.82) is 0 Å². The van der Waals surface area contributed by atoms with E-state index in [9.17, 15) is 0 Å². The first-order valence-electron chi connectivity index (χ1n) is 6.34. The fourth-order valence-corrected chi connectivity index (χ4v) is 2.35. The fourth-order valence-electron chi connectivity index (χ4n) is 2.35. The van der Waals surface area contributed by atoms with E-state index in [-0.39, 0.29) is 0 Å². The summed E-state index contributed by atoms with van der Waals surface area (Å²) in [5, 5.41) is 0. The molecule has 0 aliphatic carbocycles. The van der Waals surface area contributed by atoms with Gasteiger partial charge in [0.1, 0.15) is 0 Å². The number of aromatic amines is 1. The highest BCUT2D eigenvalue weighted by Crippen LogP contribution is 2.28. The van der Waals surface area contributed by atoms with Gasteiger partial charge in [0.2, 0.25) is 0 Å². The Labute approximate surface area is 114 Å². The summed E-state index contributed by atoms with van der Waals surface area (Å²) in [4.78, 5) is 11.8. The fraction of sp³-hybridized carbons (Fsp3) is 0.0667. The van der Waals surface area contributed by atoms with Gasteiger partial charge in [-0.25, -0.2) is 9.97 Å². The second-order valence-electron chi connectivity index (χ2n) is 4.58. The lowest BCUT2D eigenvalue weighted by molar-refractivity contribution is 0.585. The number of H-pyrrole nitrogens is 1. The lowest BCUT2D eigenvalue weighted by atomic mass is 10.3. The molecule has 0 amide bonds. The number of hydrogen-bond donors (Lipinski definition) is 1. The SMILES string of the molecule is Cn1c(-c2ccc(-c3ncc[nH]3)o2)nc2ccccc21. The number of aromatic nitrogens is 4. The molecular formula is C15H12N4O. The molecule has 5 nitrogen and oxygen atoms in total. The Morgan fingerprint density at radius 3 is 2.75 bits per heavy atom. The summed E-state index contributed by atoms with van der Waals surface area (Å²) in [6.45, 7) is 0. The molecule has 4 aromatic rings. The first kappa shape index (κ1) is 11.0. The van der Waals surface area contributed by atoms with Crippen LogP contribution in [-0.4, -0.2) is 19.5 Å². The van der Waals surface area contributed by atoms with Gasteiger partial charge in [0, 0.05) is 19.4 Å². The number of para-hydroxylation sites is 2. The predicted molar refractivity (Wildman–Crippen MR) is 76.0 cm³/mol. The van der Waals surface area contributed by atoms with Gasteiger partial charge in [0.15, 0.2) is 23.2 Å². The zero-order valence-electron chi connectivity index (χ0n) is 10.9. The molecular weight excluding hydrogens is 252 g/mol. The van der Waals surface area contributed by atoms with Gasteiger partial charge in [-0.1, -0.05) is 12.1 Å². The zero-order valence-corrected chi connectivity index (χ0v) is 10.9. The van der Waals surface area contributed by atoms with Gasteiger partial charge < -0.3 is 14.0 Å². The van der Waals surface area contributed by atoms with Crippen LogP contribution in [0.2, 0.25) is 0 Å². The predicted octanol–water partition coefficient (Wildman–Crippen LogP) is 3.22. The molecule has 0 saturated carbocycles. The molecule has 0 radical (unpaired) electrons. The lowest BCUT2D eigenvalue weighted by Gasteiger charge is -1.98. The summed E-state index contributed by atoms with van der Waals surface area (Å²) in [6.07, 6.45) is 3.47. The van der Waals surface area contributed by atoms with Crippen molar-refractivity contribution in [3.63, 3.8) is 0 Å². The third-order valence-electron chi connectivity index (χ3n) is 3.35. The van der Waals surface area contributed by atoms with Crippen LogP contribution in [0.3, 0.4) is 0 Å². The van der Waals surface area contributed by atoms with E-state index >= 15 is 0 Å². The Morgan fingerprint density at radius 1 is 1.10 bits per heavy atom. The molecule has 0 fully saturated rings. The highest BCUT2D eigenvalue weighted by molar-refractivity contribution is 5.79. The molecule has 3 heterocycles. The zero-order chi connectivity index (χ0) is 13.5.